The van der Waals surface area contributed by atoms with Gasteiger partial charge in [0.05, 0.1) is 11.4 Å². The first kappa shape index (κ1) is 19.7. The number of fused-ring (bicyclic) bond motifs is 1. The van der Waals surface area contributed by atoms with E-state index in [4.69, 9.17) is 9.73 Å². The molecule has 1 unspecified atom stereocenters. The van der Waals surface area contributed by atoms with Gasteiger partial charge in [0.15, 0.2) is 0 Å². The molecule has 1 atom stereocenters. The monoisotopic (exact) mass is 411 g/mol. The Hall–Kier alpha value is -3.27. The van der Waals surface area contributed by atoms with E-state index in [1.54, 1.807) is 0 Å². The van der Waals surface area contributed by atoms with Crippen molar-refractivity contribution in [2.75, 3.05) is 0 Å². The summed E-state index contributed by atoms with van der Waals surface area (Å²) in [5.41, 5.74) is 9.47. The Morgan fingerprint density at radius 1 is 1.19 bits per heavy atom. The quantitative estimate of drug-likeness (QED) is 0.546. The molecule has 1 aromatic carbocycles. The molecule has 31 heavy (non-hydrogen) atoms. The maximum absolute atomic E-state index is 6.27. The summed E-state index contributed by atoms with van der Waals surface area (Å²) in [6.45, 7) is 5.05. The van der Waals surface area contributed by atoms with Crippen molar-refractivity contribution in [1.82, 2.24) is 9.55 Å². The second kappa shape index (κ2) is 8.10. The number of ether oxygens (including phenoxy) is 1. The van der Waals surface area contributed by atoms with E-state index < -0.39 is 0 Å². The second-order valence-corrected chi connectivity index (χ2v) is 8.66. The van der Waals surface area contributed by atoms with Crippen LogP contribution in [0.1, 0.15) is 59.5 Å². The summed E-state index contributed by atoms with van der Waals surface area (Å²) < 4.78 is 8.37. The number of nitrogens with zero attached hydrogens (tertiary/aromatic N) is 2. The van der Waals surface area contributed by atoms with Crippen LogP contribution in [0.3, 0.4) is 0 Å². The van der Waals surface area contributed by atoms with Gasteiger partial charge < -0.3 is 14.3 Å². The van der Waals surface area contributed by atoms with Crippen LogP contribution in [0.5, 0.6) is 0 Å². The molecule has 0 saturated heterocycles. The number of allylic oxidation sites excluding steroid dienone is 1. The highest BCUT2D eigenvalue weighted by atomic mass is 16.5. The van der Waals surface area contributed by atoms with Crippen molar-refractivity contribution in [3.8, 4) is 0 Å². The molecule has 0 saturated carbocycles. The minimum atomic E-state index is 0.526. The van der Waals surface area contributed by atoms with Crippen molar-refractivity contribution in [2.45, 2.75) is 45.6 Å². The van der Waals surface area contributed by atoms with E-state index in [2.05, 4.69) is 53.7 Å². The molecule has 2 aromatic heterocycles. The summed E-state index contributed by atoms with van der Waals surface area (Å²) >= 11 is 0. The summed E-state index contributed by atoms with van der Waals surface area (Å²) in [5, 5.41) is 0. The number of hydrogen-bond donors (Lipinski definition) is 1. The normalized spacial score (nSPS) is 19.3. The van der Waals surface area contributed by atoms with Gasteiger partial charge in [0, 0.05) is 30.7 Å². The van der Waals surface area contributed by atoms with Gasteiger partial charge in [-0.25, -0.2) is 4.99 Å². The van der Waals surface area contributed by atoms with Crippen molar-refractivity contribution in [3.63, 3.8) is 0 Å². The van der Waals surface area contributed by atoms with E-state index in [0.717, 1.165) is 34.8 Å². The number of aliphatic imine (C=N–C) groups is 1. The Bertz CT molecular complexity index is 1190. The van der Waals surface area contributed by atoms with Crippen LogP contribution in [-0.2, 0) is 24.8 Å². The molecule has 4 heteroatoms. The first-order chi connectivity index (χ1) is 15.1. The molecule has 0 spiro atoms. The number of benzene rings is 1. The topological polar surface area (TPSA) is 42.3 Å². The Labute approximate surface area is 184 Å². The smallest absolute Gasteiger partial charge is 0.147 e. The lowest BCUT2D eigenvalue weighted by Crippen LogP contribution is -2.06. The van der Waals surface area contributed by atoms with Crippen LogP contribution in [0.15, 0.2) is 71.2 Å². The molecule has 158 valence electrons. The fourth-order valence-electron chi connectivity index (χ4n) is 4.80. The van der Waals surface area contributed by atoms with E-state index in [9.17, 15) is 0 Å². The van der Waals surface area contributed by atoms with Gasteiger partial charge in [-0.05, 0) is 67.0 Å². The summed E-state index contributed by atoms with van der Waals surface area (Å²) in [6, 6.07) is 14.4. The third kappa shape index (κ3) is 3.78. The standard InChI is InChI=1S/C27H29N3O/c1-18-9-7-12-21-19(2)28-24(27(18)21)15-23-26(31-17-20-10-5-4-6-11-20)16-22(29-23)25-13-8-14-30(25)3/h4-6,8,10-11,13-16,18,28H,7,9,12,17H2,1-3H3. The van der Waals surface area contributed by atoms with E-state index in [1.807, 2.05) is 37.5 Å². The number of H-pyrrole nitrogens is 1. The Morgan fingerprint density at radius 3 is 2.81 bits per heavy atom. The van der Waals surface area contributed by atoms with Crippen molar-refractivity contribution < 1.29 is 4.74 Å². The fourth-order valence-corrected chi connectivity index (χ4v) is 4.80. The number of aromatic amines is 1. The second-order valence-electron chi connectivity index (χ2n) is 8.66. The van der Waals surface area contributed by atoms with Gasteiger partial charge in [-0.3, -0.25) is 0 Å². The third-order valence-corrected chi connectivity index (χ3v) is 6.43. The zero-order chi connectivity index (χ0) is 21.4. The number of nitrogens with one attached hydrogen (secondary N) is 1. The molecule has 1 aliphatic carbocycles. The Morgan fingerprint density at radius 2 is 2.03 bits per heavy atom. The van der Waals surface area contributed by atoms with Gasteiger partial charge in [0.25, 0.3) is 0 Å². The van der Waals surface area contributed by atoms with Crippen LogP contribution in [0, 0.1) is 6.92 Å². The summed E-state index contributed by atoms with van der Waals surface area (Å²) in [7, 11) is 2.05. The number of aryl methyl sites for hydroxylation is 2. The molecule has 5 rings (SSSR count). The van der Waals surface area contributed by atoms with Crippen molar-refractivity contribution in [1.29, 1.82) is 0 Å². The van der Waals surface area contributed by atoms with Crippen LogP contribution in [0.2, 0.25) is 0 Å². The minimum absolute atomic E-state index is 0.526. The first-order valence-corrected chi connectivity index (χ1v) is 11.1. The molecular formula is C27H29N3O. The van der Waals surface area contributed by atoms with Crippen molar-refractivity contribution >= 4 is 11.8 Å². The van der Waals surface area contributed by atoms with Gasteiger partial charge in [-0.15, -0.1) is 0 Å². The lowest BCUT2D eigenvalue weighted by atomic mass is 9.84. The highest BCUT2D eigenvalue weighted by Gasteiger charge is 2.25. The fraction of sp³-hybridized carbons (Fsp3) is 0.296. The number of aromatic nitrogens is 2. The molecule has 0 bridgehead atoms. The van der Waals surface area contributed by atoms with Gasteiger partial charge >= 0.3 is 0 Å². The molecule has 2 aliphatic rings. The Kier molecular flexibility index (Phi) is 5.14. The molecule has 4 nitrogen and oxygen atoms in total. The van der Waals surface area contributed by atoms with Crippen LogP contribution in [0.25, 0.3) is 6.08 Å². The van der Waals surface area contributed by atoms with Gasteiger partial charge in [0.1, 0.15) is 18.1 Å². The molecule has 3 heterocycles. The largest absolute Gasteiger partial charge is 0.487 e. The lowest BCUT2D eigenvalue weighted by Gasteiger charge is -2.20. The molecule has 1 N–H and O–H groups in total. The van der Waals surface area contributed by atoms with E-state index >= 15 is 0 Å². The Balaban J connectivity index is 1.52. The average molecular weight is 412 g/mol. The highest BCUT2D eigenvalue weighted by Crippen LogP contribution is 2.37. The van der Waals surface area contributed by atoms with Crippen molar-refractivity contribution in [2.24, 2.45) is 12.0 Å². The maximum Gasteiger partial charge on any atom is 0.147 e. The SMILES string of the molecule is Cc1[nH]c(C=C2N=C(c3cccn3C)C=C2OCc2ccccc2)c2c1CCCC2C. The predicted octanol–water partition coefficient (Wildman–Crippen LogP) is 6.05. The van der Waals surface area contributed by atoms with Crippen LogP contribution in [-0.4, -0.2) is 15.3 Å². The predicted molar refractivity (Wildman–Crippen MR) is 126 cm³/mol. The zero-order valence-corrected chi connectivity index (χ0v) is 18.5. The van der Waals surface area contributed by atoms with E-state index in [-0.39, 0.29) is 0 Å². The van der Waals surface area contributed by atoms with Gasteiger partial charge in [-0.1, -0.05) is 37.3 Å². The van der Waals surface area contributed by atoms with E-state index in [0.29, 0.717) is 12.5 Å². The molecule has 1 aliphatic heterocycles. The molecule has 0 radical (unpaired) electrons. The minimum Gasteiger partial charge on any atom is -0.487 e. The summed E-state index contributed by atoms with van der Waals surface area (Å²) in [6.07, 6.45) is 9.96. The average Bonchev–Trinajstić information content (AvgIpc) is 3.46. The van der Waals surface area contributed by atoms with Crippen LogP contribution in [0.4, 0.5) is 0 Å². The molecular weight excluding hydrogens is 382 g/mol. The highest BCUT2D eigenvalue weighted by molar-refractivity contribution is 6.11. The third-order valence-electron chi connectivity index (χ3n) is 6.43. The first-order valence-electron chi connectivity index (χ1n) is 11.1. The van der Waals surface area contributed by atoms with Crippen LogP contribution >= 0.6 is 0 Å². The molecule has 0 amide bonds. The van der Waals surface area contributed by atoms with Gasteiger partial charge in [-0.2, -0.15) is 0 Å². The van der Waals surface area contributed by atoms with Crippen LogP contribution < -0.4 is 0 Å². The van der Waals surface area contributed by atoms with Gasteiger partial charge in [0.2, 0.25) is 0 Å². The zero-order valence-electron chi connectivity index (χ0n) is 18.5. The molecule has 0 fully saturated rings. The number of hydrogen-bond acceptors (Lipinski definition) is 2. The molecule has 3 aromatic rings. The number of rotatable bonds is 5. The van der Waals surface area contributed by atoms with E-state index in [1.165, 1.54) is 35.4 Å². The summed E-state index contributed by atoms with van der Waals surface area (Å²) in [5.74, 6) is 1.39. The maximum atomic E-state index is 6.27. The van der Waals surface area contributed by atoms with Crippen molar-refractivity contribution in [3.05, 3.63) is 100.0 Å². The summed E-state index contributed by atoms with van der Waals surface area (Å²) in [4.78, 5) is 8.62. The lowest BCUT2D eigenvalue weighted by molar-refractivity contribution is 0.208.